The molecule has 3 saturated heterocycles. The van der Waals surface area contributed by atoms with Gasteiger partial charge in [-0.3, -0.25) is 14.6 Å². The van der Waals surface area contributed by atoms with Gasteiger partial charge in [-0.1, -0.05) is 13.8 Å². The Morgan fingerprint density at radius 3 is 2.52 bits per heavy atom. The summed E-state index contributed by atoms with van der Waals surface area (Å²) in [7, 11) is 1.98. The number of rotatable bonds is 3. The minimum Gasteiger partial charge on any atom is -0.339 e. The minimum atomic E-state index is -0.0809. The van der Waals surface area contributed by atoms with Crippen LogP contribution >= 0.6 is 0 Å². The lowest BCUT2D eigenvalue weighted by Gasteiger charge is -2.46. The molecular formula is C21H30N4O2. The topological polar surface area (TPSA) is 56.8 Å². The number of pyridine rings is 1. The molecule has 6 heteroatoms. The second-order valence-corrected chi connectivity index (χ2v) is 8.85. The molecule has 1 aromatic rings. The number of hydrogen-bond donors (Lipinski definition) is 0. The van der Waals surface area contributed by atoms with Crippen LogP contribution < -0.4 is 0 Å². The van der Waals surface area contributed by atoms with E-state index in [1.54, 1.807) is 24.5 Å². The third-order valence-corrected chi connectivity index (χ3v) is 6.87. The van der Waals surface area contributed by atoms with Crippen LogP contribution in [0.15, 0.2) is 24.5 Å². The van der Waals surface area contributed by atoms with Gasteiger partial charge in [-0.05, 0) is 30.9 Å². The lowest BCUT2D eigenvalue weighted by Crippen LogP contribution is -2.56. The summed E-state index contributed by atoms with van der Waals surface area (Å²) in [5.74, 6) is 1.53. The Morgan fingerprint density at radius 2 is 1.89 bits per heavy atom. The van der Waals surface area contributed by atoms with Crippen LogP contribution in [-0.4, -0.2) is 76.8 Å². The summed E-state index contributed by atoms with van der Waals surface area (Å²) in [6.07, 6.45) is 5.08. The van der Waals surface area contributed by atoms with Crippen LogP contribution in [0, 0.1) is 17.8 Å². The molecule has 1 aromatic heterocycles. The summed E-state index contributed by atoms with van der Waals surface area (Å²) in [5.41, 5.74) is 0.612. The summed E-state index contributed by atoms with van der Waals surface area (Å²) >= 11 is 0. The number of aromatic nitrogens is 1. The average Bonchev–Trinajstić information content (AvgIpc) is 3.16. The number of nitrogens with zero attached hydrogens (tertiary/aromatic N) is 4. The molecule has 27 heavy (non-hydrogen) atoms. The first-order valence-corrected chi connectivity index (χ1v) is 10.1. The van der Waals surface area contributed by atoms with Crippen molar-refractivity contribution in [3.63, 3.8) is 0 Å². The zero-order valence-corrected chi connectivity index (χ0v) is 16.6. The maximum atomic E-state index is 12.9. The highest BCUT2D eigenvalue weighted by Gasteiger charge is 2.60. The lowest BCUT2D eigenvalue weighted by molar-refractivity contribution is -0.133. The molecule has 146 valence electrons. The minimum absolute atomic E-state index is 0.0728. The first kappa shape index (κ1) is 18.4. The lowest BCUT2D eigenvalue weighted by atomic mass is 9.75. The van der Waals surface area contributed by atoms with Crippen molar-refractivity contribution < 1.29 is 9.59 Å². The molecule has 3 aliphatic heterocycles. The summed E-state index contributed by atoms with van der Waals surface area (Å²) in [6.45, 7) is 8.87. The third-order valence-electron chi connectivity index (χ3n) is 6.87. The number of hydrogen-bond acceptors (Lipinski definition) is 4. The molecule has 2 amide bonds. The van der Waals surface area contributed by atoms with Crippen molar-refractivity contribution in [2.45, 2.75) is 32.2 Å². The molecule has 0 aliphatic carbocycles. The van der Waals surface area contributed by atoms with Crippen molar-refractivity contribution in [3.8, 4) is 0 Å². The first-order chi connectivity index (χ1) is 12.9. The number of amides is 2. The van der Waals surface area contributed by atoms with Crippen molar-refractivity contribution in [1.82, 2.24) is 19.7 Å². The van der Waals surface area contributed by atoms with Gasteiger partial charge in [0.15, 0.2) is 0 Å². The predicted octanol–water partition coefficient (Wildman–Crippen LogP) is 1.73. The number of likely N-dealkylation sites (tertiary alicyclic amines) is 3. The fourth-order valence-corrected chi connectivity index (χ4v) is 5.54. The second kappa shape index (κ2) is 6.89. The van der Waals surface area contributed by atoms with E-state index in [9.17, 15) is 9.59 Å². The van der Waals surface area contributed by atoms with Crippen molar-refractivity contribution in [2.75, 3.05) is 39.8 Å². The van der Waals surface area contributed by atoms with Crippen LogP contribution in [0.5, 0.6) is 0 Å². The molecule has 4 heterocycles. The van der Waals surface area contributed by atoms with Gasteiger partial charge in [0.1, 0.15) is 0 Å². The predicted molar refractivity (Wildman–Crippen MR) is 103 cm³/mol. The molecule has 1 spiro atoms. The maximum Gasteiger partial charge on any atom is 0.253 e. The molecule has 0 unspecified atom stereocenters. The summed E-state index contributed by atoms with van der Waals surface area (Å²) in [5, 5.41) is 0. The van der Waals surface area contributed by atoms with Crippen LogP contribution in [0.2, 0.25) is 0 Å². The van der Waals surface area contributed by atoms with Crippen molar-refractivity contribution in [2.24, 2.45) is 17.8 Å². The molecule has 2 atom stereocenters. The fraction of sp³-hybridized carbons (Fsp3) is 0.667. The zero-order valence-electron chi connectivity index (χ0n) is 16.6. The SMILES string of the molecule is CC(C)CN1C[C@H]2C(=O)N(C)C3(CCN(C(=O)c4ccncc4)CC3)[C@H]2C1. The van der Waals surface area contributed by atoms with Gasteiger partial charge >= 0.3 is 0 Å². The van der Waals surface area contributed by atoms with Gasteiger partial charge in [-0.25, -0.2) is 0 Å². The van der Waals surface area contributed by atoms with Gasteiger partial charge in [-0.15, -0.1) is 0 Å². The number of piperidine rings is 1. The molecule has 3 aliphatic rings. The van der Waals surface area contributed by atoms with E-state index in [4.69, 9.17) is 0 Å². The monoisotopic (exact) mass is 370 g/mol. The molecule has 0 saturated carbocycles. The van der Waals surface area contributed by atoms with E-state index in [1.807, 2.05) is 16.8 Å². The maximum absolute atomic E-state index is 12.9. The van der Waals surface area contributed by atoms with E-state index in [-0.39, 0.29) is 17.4 Å². The van der Waals surface area contributed by atoms with E-state index < -0.39 is 0 Å². The van der Waals surface area contributed by atoms with Crippen LogP contribution in [0.3, 0.4) is 0 Å². The Balaban J connectivity index is 1.48. The van der Waals surface area contributed by atoms with Crippen molar-refractivity contribution in [3.05, 3.63) is 30.1 Å². The number of carbonyl (C=O) groups is 2. The van der Waals surface area contributed by atoms with Crippen LogP contribution in [0.1, 0.15) is 37.0 Å². The average molecular weight is 370 g/mol. The highest BCUT2D eigenvalue weighted by molar-refractivity contribution is 5.94. The Labute approximate surface area is 161 Å². The van der Waals surface area contributed by atoms with Gasteiger partial charge in [0.05, 0.1) is 11.5 Å². The number of carbonyl (C=O) groups excluding carboxylic acids is 2. The quantitative estimate of drug-likeness (QED) is 0.813. The van der Waals surface area contributed by atoms with Gasteiger partial charge in [0.25, 0.3) is 5.91 Å². The Morgan fingerprint density at radius 1 is 1.22 bits per heavy atom. The van der Waals surface area contributed by atoms with Crippen LogP contribution in [0.25, 0.3) is 0 Å². The van der Waals surface area contributed by atoms with E-state index >= 15 is 0 Å². The molecule has 0 N–H and O–H groups in total. The first-order valence-electron chi connectivity index (χ1n) is 10.1. The molecule has 0 radical (unpaired) electrons. The smallest absolute Gasteiger partial charge is 0.253 e. The van der Waals surface area contributed by atoms with E-state index in [0.717, 1.165) is 32.5 Å². The molecule has 0 bridgehead atoms. The summed E-state index contributed by atoms with van der Waals surface area (Å²) in [6, 6.07) is 3.55. The molecule has 4 rings (SSSR count). The fourth-order valence-electron chi connectivity index (χ4n) is 5.54. The second-order valence-electron chi connectivity index (χ2n) is 8.85. The normalized spacial score (nSPS) is 27.6. The Kier molecular flexibility index (Phi) is 4.70. The molecular weight excluding hydrogens is 340 g/mol. The Hall–Kier alpha value is -1.95. The van der Waals surface area contributed by atoms with Gasteiger partial charge in [-0.2, -0.15) is 0 Å². The number of fused-ring (bicyclic) bond motifs is 2. The largest absolute Gasteiger partial charge is 0.339 e. The van der Waals surface area contributed by atoms with Crippen LogP contribution in [-0.2, 0) is 4.79 Å². The highest BCUT2D eigenvalue weighted by atomic mass is 16.2. The van der Waals surface area contributed by atoms with Gasteiger partial charge in [0, 0.05) is 63.6 Å². The summed E-state index contributed by atoms with van der Waals surface area (Å²) < 4.78 is 0. The highest BCUT2D eigenvalue weighted by Crippen LogP contribution is 2.49. The van der Waals surface area contributed by atoms with Crippen molar-refractivity contribution >= 4 is 11.8 Å². The van der Waals surface area contributed by atoms with E-state index in [1.165, 1.54) is 0 Å². The van der Waals surface area contributed by atoms with Gasteiger partial charge in [0.2, 0.25) is 5.91 Å². The summed E-state index contributed by atoms with van der Waals surface area (Å²) in [4.78, 5) is 36.1. The Bertz CT molecular complexity index is 712. The van der Waals surface area contributed by atoms with Gasteiger partial charge < -0.3 is 14.7 Å². The molecule has 0 aromatic carbocycles. The van der Waals surface area contributed by atoms with Crippen molar-refractivity contribution in [1.29, 1.82) is 0 Å². The van der Waals surface area contributed by atoms with E-state index in [0.29, 0.717) is 36.4 Å². The third kappa shape index (κ3) is 3.04. The standard InChI is InChI=1S/C21H30N4O2/c1-15(2)12-24-13-17-18(14-24)21(23(3)20(17)27)6-10-25(11-7-21)19(26)16-4-8-22-9-5-16/h4-5,8-9,15,17-18H,6-7,10-14H2,1-3H3/t17-,18+/m1/s1. The molecule has 6 nitrogen and oxygen atoms in total. The molecule has 3 fully saturated rings. The van der Waals surface area contributed by atoms with Crippen LogP contribution in [0.4, 0.5) is 0 Å². The van der Waals surface area contributed by atoms with E-state index in [2.05, 4.69) is 23.7 Å². The zero-order chi connectivity index (χ0) is 19.2.